The van der Waals surface area contributed by atoms with Crippen molar-refractivity contribution < 1.29 is 9.21 Å². The Labute approximate surface area is 156 Å². The van der Waals surface area contributed by atoms with Gasteiger partial charge in [-0.1, -0.05) is 30.3 Å². The molecular formula is C22H30N2O2. The zero-order chi connectivity index (χ0) is 18.4. The minimum atomic E-state index is 0.167. The topological polar surface area (TPSA) is 45.5 Å². The molecule has 1 amide bonds. The van der Waals surface area contributed by atoms with E-state index in [1.165, 1.54) is 11.1 Å². The molecule has 1 fully saturated rings. The highest BCUT2D eigenvalue weighted by Gasteiger charge is 2.20. The molecule has 0 spiro atoms. The Kier molecular flexibility index (Phi) is 6.51. The number of aryl methyl sites for hydroxylation is 3. The molecule has 0 unspecified atom stereocenters. The van der Waals surface area contributed by atoms with E-state index < -0.39 is 0 Å². The summed E-state index contributed by atoms with van der Waals surface area (Å²) in [5.74, 6) is 2.79. The van der Waals surface area contributed by atoms with Crippen LogP contribution in [0.2, 0.25) is 0 Å². The zero-order valence-electron chi connectivity index (χ0n) is 16.0. The van der Waals surface area contributed by atoms with Crippen molar-refractivity contribution in [2.75, 3.05) is 19.6 Å². The molecule has 1 aromatic carbocycles. The Morgan fingerprint density at radius 3 is 2.58 bits per heavy atom. The van der Waals surface area contributed by atoms with Gasteiger partial charge in [0.25, 0.3) is 0 Å². The number of nitrogens with zero attached hydrogens (tertiary/aromatic N) is 1. The fourth-order valence-corrected chi connectivity index (χ4v) is 3.68. The van der Waals surface area contributed by atoms with Crippen molar-refractivity contribution in [2.24, 2.45) is 5.92 Å². The minimum Gasteiger partial charge on any atom is -0.466 e. The first-order valence-electron chi connectivity index (χ1n) is 9.69. The van der Waals surface area contributed by atoms with E-state index in [1.54, 1.807) is 0 Å². The number of amides is 1. The van der Waals surface area contributed by atoms with Crippen LogP contribution in [0.5, 0.6) is 0 Å². The molecule has 4 heteroatoms. The highest BCUT2D eigenvalue weighted by molar-refractivity contribution is 5.76. The maximum atomic E-state index is 12.1. The van der Waals surface area contributed by atoms with E-state index in [1.807, 2.05) is 32.0 Å². The Bertz CT molecular complexity index is 700. The van der Waals surface area contributed by atoms with Crippen LogP contribution in [-0.4, -0.2) is 30.4 Å². The standard InChI is InChI=1S/C22H30N2O2/c1-17-14-21(18(2)26-17)16-24-12-10-20(11-13-24)15-23-22(25)9-8-19-6-4-3-5-7-19/h3-7,14,20H,8-13,15-16H2,1-2H3,(H,23,25). The molecule has 0 radical (unpaired) electrons. The van der Waals surface area contributed by atoms with Crippen LogP contribution in [0.15, 0.2) is 40.8 Å². The molecule has 1 aromatic heterocycles. The minimum absolute atomic E-state index is 0.167. The summed E-state index contributed by atoms with van der Waals surface area (Å²) in [6.45, 7) is 8.01. The molecule has 3 rings (SSSR count). The average molecular weight is 354 g/mol. The molecule has 0 saturated carbocycles. The average Bonchev–Trinajstić information content (AvgIpc) is 2.97. The predicted molar refractivity (Wildman–Crippen MR) is 104 cm³/mol. The third-order valence-corrected chi connectivity index (χ3v) is 5.32. The SMILES string of the molecule is Cc1cc(CN2CCC(CNC(=O)CCc3ccccc3)CC2)c(C)o1. The van der Waals surface area contributed by atoms with E-state index in [4.69, 9.17) is 4.42 Å². The van der Waals surface area contributed by atoms with Gasteiger partial charge < -0.3 is 9.73 Å². The van der Waals surface area contributed by atoms with Crippen LogP contribution in [0.3, 0.4) is 0 Å². The maximum Gasteiger partial charge on any atom is 0.220 e. The summed E-state index contributed by atoms with van der Waals surface area (Å²) in [5, 5.41) is 3.13. The van der Waals surface area contributed by atoms with Crippen LogP contribution in [0.25, 0.3) is 0 Å². The van der Waals surface area contributed by atoms with Gasteiger partial charge in [-0.2, -0.15) is 0 Å². The number of hydrogen-bond donors (Lipinski definition) is 1. The van der Waals surface area contributed by atoms with Gasteiger partial charge in [-0.05, 0) is 63.7 Å². The molecule has 0 aliphatic carbocycles. The summed E-state index contributed by atoms with van der Waals surface area (Å²) in [7, 11) is 0. The third-order valence-electron chi connectivity index (χ3n) is 5.32. The van der Waals surface area contributed by atoms with Crippen LogP contribution in [-0.2, 0) is 17.8 Å². The molecule has 26 heavy (non-hydrogen) atoms. The molecule has 2 aromatic rings. The number of nitrogens with one attached hydrogen (secondary N) is 1. The van der Waals surface area contributed by atoms with Gasteiger partial charge in [0.2, 0.25) is 5.91 Å². The summed E-state index contributed by atoms with van der Waals surface area (Å²) in [5.41, 5.74) is 2.52. The van der Waals surface area contributed by atoms with Crippen molar-refractivity contribution in [1.29, 1.82) is 0 Å². The third kappa shape index (κ3) is 5.46. The number of hydrogen-bond acceptors (Lipinski definition) is 3. The van der Waals surface area contributed by atoms with E-state index in [2.05, 4.69) is 28.4 Å². The number of rotatable bonds is 7. The van der Waals surface area contributed by atoms with Gasteiger partial charge in [0.1, 0.15) is 11.5 Å². The van der Waals surface area contributed by atoms with Gasteiger partial charge in [0, 0.05) is 25.1 Å². The number of carbonyl (C=O) groups excluding carboxylic acids is 1. The van der Waals surface area contributed by atoms with Crippen LogP contribution in [0, 0.1) is 19.8 Å². The summed E-state index contributed by atoms with van der Waals surface area (Å²) in [4.78, 5) is 14.6. The Morgan fingerprint density at radius 2 is 1.92 bits per heavy atom. The second-order valence-corrected chi connectivity index (χ2v) is 7.45. The molecule has 1 aliphatic rings. The summed E-state index contributed by atoms with van der Waals surface area (Å²) in [6.07, 6.45) is 3.68. The molecule has 0 atom stereocenters. The largest absolute Gasteiger partial charge is 0.466 e. The van der Waals surface area contributed by atoms with E-state index in [0.29, 0.717) is 12.3 Å². The van der Waals surface area contributed by atoms with Gasteiger partial charge in [0.05, 0.1) is 0 Å². The number of likely N-dealkylation sites (tertiary alicyclic amines) is 1. The van der Waals surface area contributed by atoms with Crippen molar-refractivity contribution in [2.45, 2.75) is 46.1 Å². The lowest BCUT2D eigenvalue weighted by molar-refractivity contribution is -0.121. The fraction of sp³-hybridized carbons (Fsp3) is 0.500. The van der Waals surface area contributed by atoms with E-state index in [-0.39, 0.29) is 5.91 Å². The fourth-order valence-electron chi connectivity index (χ4n) is 3.68. The Balaban J connectivity index is 1.33. The first-order chi connectivity index (χ1) is 12.6. The molecule has 1 saturated heterocycles. The van der Waals surface area contributed by atoms with Gasteiger partial charge in [0.15, 0.2) is 0 Å². The monoisotopic (exact) mass is 354 g/mol. The number of benzene rings is 1. The molecule has 140 valence electrons. The number of carbonyl (C=O) groups is 1. The first-order valence-corrected chi connectivity index (χ1v) is 9.69. The smallest absolute Gasteiger partial charge is 0.220 e. The molecule has 1 aliphatic heterocycles. The van der Waals surface area contributed by atoms with Crippen molar-refractivity contribution in [1.82, 2.24) is 10.2 Å². The van der Waals surface area contributed by atoms with Crippen LogP contribution >= 0.6 is 0 Å². The van der Waals surface area contributed by atoms with Crippen LogP contribution in [0.1, 0.15) is 41.9 Å². The Morgan fingerprint density at radius 1 is 1.19 bits per heavy atom. The zero-order valence-corrected chi connectivity index (χ0v) is 16.0. The van der Waals surface area contributed by atoms with Gasteiger partial charge in [-0.15, -0.1) is 0 Å². The van der Waals surface area contributed by atoms with Crippen molar-refractivity contribution in [3.05, 3.63) is 59.0 Å². The van der Waals surface area contributed by atoms with Crippen molar-refractivity contribution in [3.8, 4) is 0 Å². The van der Waals surface area contributed by atoms with E-state index >= 15 is 0 Å². The van der Waals surface area contributed by atoms with Gasteiger partial charge in [-0.3, -0.25) is 9.69 Å². The van der Waals surface area contributed by atoms with Crippen molar-refractivity contribution in [3.63, 3.8) is 0 Å². The predicted octanol–water partition coefficient (Wildman–Crippen LogP) is 3.86. The lowest BCUT2D eigenvalue weighted by atomic mass is 9.96. The second-order valence-electron chi connectivity index (χ2n) is 7.45. The first kappa shape index (κ1) is 18.7. The van der Waals surface area contributed by atoms with E-state index in [0.717, 1.165) is 57.0 Å². The normalized spacial score (nSPS) is 15.9. The quantitative estimate of drug-likeness (QED) is 0.821. The second kappa shape index (κ2) is 9.04. The van der Waals surface area contributed by atoms with Crippen LogP contribution in [0.4, 0.5) is 0 Å². The highest BCUT2D eigenvalue weighted by atomic mass is 16.3. The number of piperidine rings is 1. The highest BCUT2D eigenvalue weighted by Crippen LogP contribution is 2.21. The lowest BCUT2D eigenvalue weighted by Crippen LogP contribution is -2.38. The molecule has 0 bridgehead atoms. The summed E-state index contributed by atoms with van der Waals surface area (Å²) >= 11 is 0. The molecule has 1 N–H and O–H groups in total. The maximum absolute atomic E-state index is 12.1. The Hall–Kier alpha value is -2.07. The van der Waals surface area contributed by atoms with Crippen LogP contribution < -0.4 is 5.32 Å². The summed E-state index contributed by atoms with van der Waals surface area (Å²) in [6, 6.07) is 12.3. The van der Waals surface area contributed by atoms with Crippen molar-refractivity contribution >= 4 is 5.91 Å². The van der Waals surface area contributed by atoms with Gasteiger partial charge in [-0.25, -0.2) is 0 Å². The van der Waals surface area contributed by atoms with E-state index in [9.17, 15) is 4.79 Å². The lowest BCUT2D eigenvalue weighted by Gasteiger charge is -2.31. The molecule has 4 nitrogen and oxygen atoms in total. The van der Waals surface area contributed by atoms with Gasteiger partial charge >= 0.3 is 0 Å². The summed E-state index contributed by atoms with van der Waals surface area (Å²) < 4.78 is 5.62. The number of furan rings is 1. The molecular weight excluding hydrogens is 324 g/mol. The molecule has 2 heterocycles.